The fourth-order valence-corrected chi connectivity index (χ4v) is 7.89. The van der Waals surface area contributed by atoms with Gasteiger partial charge in [0, 0.05) is 16.8 Å². The molecule has 0 saturated carbocycles. The number of fused-ring (bicyclic) bond motifs is 6. The summed E-state index contributed by atoms with van der Waals surface area (Å²) in [6, 6.07) is 62.9. The standard InChI is InChI=1S/C52H35N/c1-3-15-36(16-4-1)37-27-31-41(32-28-37)53(50-35-40-19-7-8-20-43(40)44-21-9-12-24-47(44)50)42-33-29-39(30-34-42)52-49-26-14-11-23-46(49)45-22-10-13-25-48(45)51(52)38-17-5-2-6-18-38/h1-35H/i29D,30D,33D,34D. The van der Waals surface area contributed by atoms with E-state index in [0.717, 1.165) is 76.7 Å². The van der Waals surface area contributed by atoms with E-state index in [1.807, 2.05) is 108 Å². The van der Waals surface area contributed by atoms with Gasteiger partial charge in [0.2, 0.25) is 0 Å². The van der Waals surface area contributed by atoms with Crippen molar-refractivity contribution in [3.8, 4) is 33.4 Å². The molecule has 0 amide bonds. The highest BCUT2D eigenvalue weighted by Crippen LogP contribution is 2.46. The van der Waals surface area contributed by atoms with Crippen LogP contribution in [-0.4, -0.2) is 0 Å². The van der Waals surface area contributed by atoms with Gasteiger partial charge in [0.15, 0.2) is 0 Å². The van der Waals surface area contributed by atoms with Gasteiger partial charge in [0.1, 0.15) is 0 Å². The first kappa shape index (κ1) is 26.8. The minimum Gasteiger partial charge on any atom is -0.310 e. The molecule has 0 atom stereocenters. The third-order valence-corrected chi connectivity index (χ3v) is 10.3. The smallest absolute Gasteiger partial charge is 0.0645 e. The van der Waals surface area contributed by atoms with Gasteiger partial charge in [0.25, 0.3) is 0 Å². The Balaban J connectivity index is 1.29. The summed E-state index contributed by atoms with van der Waals surface area (Å²) in [5.41, 5.74) is 6.59. The van der Waals surface area contributed by atoms with Gasteiger partial charge in [-0.25, -0.2) is 0 Å². The number of hydrogen-bond acceptors (Lipinski definition) is 1. The Morgan fingerprint density at radius 2 is 0.736 bits per heavy atom. The van der Waals surface area contributed by atoms with E-state index in [4.69, 9.17) is 0 Å². The average Bonchev–Trinajstić information content (AvgIpc) is 3.28. The molecule has 10 aromatic rings. The van der Waals surface area contributed by atoms with E-state index in [2.05, 4.69) is 84.9 Å². The van der Waals surface area contributed by atoms with Gasteiger partial charge in [-0.05, 0) is 101 Å². The molecule has 0 heterocycles. The van der Waals surface area contributed by atoms with Gasteiger partial charge < -0.3 is 4.90 Å². The monoisotopic (exact) mass is 677 g/mol. The first-order valence-electron chi connectivity index (χ1n) is 20.0. The molecule has 0 unspecified atom stereocenters. The second-order valence-electron chi connectivity index (χ2n) is 13.3. The number of benzene rings is 10. The second-order valence-corrected chi connectivity index (χ2v) is 13.3. The van der Waals surface area contributed by atoms with E-state index in [-0.39, 0.29) is 35.4 Å². The lowest BCUT2D eigenvalue weighted by molar-refractivity contribution is 1.30. The van der Waals surface area contributed by atoms with Crippen LogP contribution in [0.15, 0.2) is 212 Å². The zero-order valence-corrected chi connectivity index (χ0v) is 28.8. The SMILES string of the molecule is [2H]c1c([2H])c(N(c2ccc(-c3ccccc3)cc2)c2cc3ccccc3c3ccccc23)c([2H])c([2H])c1-c1c(-c2ccccc2)c2ccccc2c2ccccc12. The van der Waals surface area contributed by atoms with Crippen LogP contribution >= 0.6 is 0 Å². The largest absolute Gasteiger partial charge is 0.310 e. The second kappa shape index (κ2) is 13.0. The third kappa shape index (κ3) is 5.34. The lowest BCUT2D eigenvalue weighted by Gasteiger charge is -2.28. The van der Waals surface area contributed by atoms with Gasteiger partial charge in [-0.3, -0.25) is 0 Å². The Kier molecular flexibility index (Phi) is 6.56. The molecule has 0 bridgehead atoms. The normalized spacial score (nSPS) is 12.5. The van der Waals surface area contributed by atoms with Crippen LogP contribution < -0.4 is 4.90 Å². The minimum absolute atomic E-state index is 0.0976. The Morgan fingerprint density at radius 1 is 0.302 bits per heavy atom. The minimum atomic E-state index is -0.119. The summed E-state index contributed by atoms with van der Waals surface area (Å²) in [5.74, 6) is 0. The van der Waals surface area contributed by atoms with Crippen molar-refractivity contribution in [2.75, 3.05) is 4.90 Å². The molecule has 0 aromatic heterocycles. The van der Waals surface area contributed by atoms with E-state index in [0.29, 0.717) is 5.56 Å². The van der Waals surface area contributed by atoms with Crippen molar-refractivity contribution in [2.45, 2.75) is 0 Å². The molecule has 0 radical (unpaired) electrons. The highest BCUT2D eigenvalue weighted by atomic mass is 15.1. The van der Waals surface area contributed by atoms with Crippen molar-refractivity contribution in [1.29, 1.82) is 0 Å². The molecular weight excluding hydrogens is 639 g/mol. The molecule has 10 aromatic carbocycles. The molecule has 53 heavy (non-hydrogen) atoms. The van der Waals surface area contributed by atoms with E-state index in [1.54, 1.807) is 0 Å². The predicted molar refractivity (Wildman–Crippen MR) is 227 cm³/mol. The highest BCUT2D eigenvalue weighted by Gasteiger charge is 2.20. The van der Waals surface area contributed by atoms with Crippen molar-refractivity contribution in [3.05, 3.63) is 212 Å². The summed E-state index contributed by atoms with van der Waals surface area (Å²) >= 11 is 0. The van der Waals surface area contributed by atoms with Crippen LogP contribution in [0, 0.1) is 0 Å². The molecule has 0 aliphatic heterocycles. The Labute approximate surface area is 315 Å². The number of nitrogens with zero attached hydrogens (tertiary/aromatic N) is 1. The highest BCUT2D eigenvalue weighted by molar-refractivity contribution is 6.21. The van der Waals surface area contributed by atoms with Crippen LogP contribution in [0.4, 0.5) is 17.1 Å². The Bertz CT molecular complexity index is 3130. The fourth-order valence-electron chi connectivity index (χ4n) is 7.89. The molecule has 0 aliphatic carbocycles. The van der Waals surface area contributed by atoms with Gasteiger partial charge >= 0.3 is 0 Å². The summed E-state index contributed by atoms with van der Waals surface area (Å²) in [5, 5.41) is 8.01. The molecule has 248 valence electrons. The van der Waals surface area contributed by atoms with E-state index >= 15 is 0 Å². The first-order valence-corrected chi connectivity index (χ1v) is 18.0. The maximum atomic E-state index is 9.91. The summed E-state index contributed by atoms with van der Waals surface area (Å²) in [6.45, 7) is 0. The van der Waals surface area contributed by atoms with Crippen LogP contribution in [0.3, 0.4) is 0 Å². The molecular formula is C52H35N. The molecule has 0 spiro atoms. The van der Waals surface area contributed by atoms with E-state index in [1.165, 1.54) is 0 Å². The van der Waals surface area contributed by atoms with Crippen molar-refractivity contribution in [1.82, 2.24) is 0 Å². The van der Waals surface area contributed by atoms with Crippen molar-refractivity contribution < 1.29 is 5.48 Å². The van der Waals surface area contributed by atoms with Gasteiger partial charge in [0.05, 0.1) is 11.2 Å². The molecule has 0 aliphatic rings. The lowest BCUT2D eigenvalue weighted by Crippen LogP contribution is -2.10. The van der Waals surface area contributed by atoms with Crippen molar-refractivity contribution in [2.24, 2.45) is 0 Å². The maximum absolute atomic E-state index is 9.91. The maximum Gasteiger partial charge on any atom is 0.0645 e. The number of rotatable bonds is 6. The zero-order valence-electron chi connectivity index (χ0n) is 32.8. The van der Waals surface area contributed by atoms with Gasteiger partial charge in [-0.1, -0.05) is 182 Å². The quantitative estimate of drug-likeness (QED) is 0.158. The number of anilines is 3. The summed E-state index contributed by atoms with van der Waals surface area (Å²) < 4.78 is 39.6. The molecule has 0 N–H and O–H groups in total. The Hall–Kier alpha value is -6.96. The lowest BCUT2D eigenvalue weighted by atomic mass is 9.85. The molecule has 1 heteroatoms. The first-order chi connectivity index (χ1) is 28.0. The van der Waals surface area contributed by atoms with Crippen molar-refractivity contribution in [3.63, 3.8) is 0 Å². The van der Waals surface area contributed by atoms with E-state index in [9.17, 15) is 5.48 Å². The number of hydrogen-bond donors (Lipinski definition) is 0. The predicted octanol–water partition coefficient (Wildman–Crippen LogP) is 14.8. The fraction of sp³-hybridized carbons (Fsp3) is 0. The zero-order chi connectivity index (χ0) is 38.6. The van der Waals surface area contributed by atoms with Crippen LogP contribution in [0.2, 0.25) is 0 Å². The van der Waals surface area contributed by atoms with Crippen LogP contribution in [0.5, 0.6) is 0 Å². The summed E-state index contributed by atoms with van der Waals surface area (Å²) in [4.78, 5) is 1.92. The van der Waals surface area contributed by atoms with Crippen LogP contribution in [0.25, 0.3) is 76.5 Å². The van der Waals surface area contributed by atoms with Crippen molar-refractivity contribution >= 4 is 60.2 Å². The van der Waals surface area contributed by atoms with E-state index < -0.39 is 0 Å². The molecule has 1 nitrogen and oxygen atoms in total. The van der Waals surface area contributed by atoms with Crippen LogP contribution in [0.1, 0.15) is 5.48 Å². The van der Waals surface area contributed by atoms with Crippen LogP contribution in [-0.2, 0) is 0 Å². The summed E-state index contributed by atoms with van der Waals surface area (Å²) in [6.07, 6.45) is 0. The summed E-state index contributed by atoms with van der Waals surface area (Å²) in [7, 11) is 0. The molecule has 0 saturated heterocycles. The molecule has 0 fully saturated rings. The van der Waals surface area contributed by atoms with Gasteiger partial charge in [-0.2, -0.15) is 0 Å². The average molecular weight is 678 g/mol. The topological polar surface area (TPSA) is 3.24 Å². The Morgan fingerprint density at radius 3 is 1.34 bits per heavy atom. The third-order valence-electron chi connectivity index (χ3n) is 10.3. The molecule has 10 rings (SSSR count). The van der Waals surface area contributed by atoms with Gasteiger partial charge in [-0.15, -0.1) is 0 Å².